The van der Waals surface area contributed by atoms with Gasteiger partial charge in [-0.1, -0.05) is 40.7 Å². The van der Waals surface area contributed by atoms with E-state index >= 15 is 0 Å². The number of hydrogen-bond acceptors (Lipinski definition) is 5. The number of aromatic nitrogens is 4. The molecule has 0 bridgehead atoms. The van der Waals surface area contributed by atoms with Crippen LogP contribution in [0.5, 0.6) is 0 Å². The van der Waals surface area contributed by atoms with Crippen molar-refractivity contribution in [2.75, 3.05) is 0 Å². The summed E-state index contributed by atoms with van der Waals surface area (Å²) < 4.78 is 7.43. The third-order valence-electron chi connectivity index (χ3n) is 6.15. The standard InChI is InChI=1S/C25H33N5O2/c1-15(2)22-12-21(24-28-27-17(4)32-24)29-30(22)20-9-7-8-18(11-20)23(31)26-19-10-16(3)13-25(5,6)14-19/h7-9,11-12,15-16,19H,10,13-14H2,1-6H3,(H,26,31)/t16-,19-/m0/s1. The third kappa shape index (κ3) is 4.76. The first-order valence-corrected chi connectivity index (χ1v) is 11.4. The summed E-state index contributed by atoms with van der Waals surface area (Å²) in [4.78, 5) is 13.1. The van der Waals surface area contributed by atoms with Crippen molar-refractivity contribution in [2.24, 2.45) is 11.3 Å². The molecule has 32 heavy (non-hydrogen) atoms. The Kier molecular flexibility index (Phi) is 5.93. The van der Waals surface area contributed by atoms with Crippen LogP contribution in [0.3, 0.4) is 0 Å². The Balaban J connectivity index is 1.60. The molecule has 4 rings (SSSR count). The first kappa shape index (κ1) is 22.2. The minimum absolute atomic E-state index is 0.0345. The van der Waals surface area contributed by atoms with E-state index in [1.807, 2.05) is 35.0 Å². The molecule has 0 unspecified atom stereocenters. The lowest BCUT2D eigenvalue weighted by Gasteiger charge is -2.39. The summed E-state index contributed by atoms with van der Waals surface area (Å²) in [5.41, 5.74) is 3.36. The molecule has 1 aliphatic rings. The maximum atomic E-state index is 13.1. The first-order chi connectivity index (χ1) is 15.1. The lowest BCUT2D eigenvalue weighted by atomic mass is 9.70. The van der Waals surface area contributed by atoms with Crippen molar-refractivity contribution < 1.29 is 9.21 Å². The second-order valence-electron chi connectivity index (χ2n) is 10.3. The smallest absolute Gasteiger partial charge is 0.268 e. The zero-order valence-corrected chi connectivity index (χ0v) is 19.8. The molecular formula is C25H33N5O2. The first-order valence-electron chi connectivity index (χ1n) is 11.4. The van der Waals surface area contributed by atoms with Crippen LogP contribution in [0.25, 0.3) is 17.3 Å². The maximum Gasteiger partial charge on any atom is 0.268 e. The van der Waals surface area contributed by atoms with Gasteiger partial charge in [-0.2, -0.15) is 5.10 Å². The van der Waals surface area contributed by atoms with E-state index in [1.165, 1.54) is 6.42 Å². The highest BCUT2D eigenvalue weighted by atomic mass is 16.4. The van der Waals surface area contributed by atoms with Crippen LogP contribution in [0, 0.1) is 18.3 Å². The number of carbonyl (C=O) groups excluding carboxylic acids is 1. The molecule has 1 amide bonds. The van der Waals surface area contributed by atoms with E-state index in [9.17, 15) is 4.79 Å². The molecule has 2 heterocycles. The lowest BCUT2D eigenvalue weighted by Crippen LogP contribution is -2.43. The molecule has 170 valence electrons. The van der Waals surface area contributed by atoms with Crippen LogP contribution < -0.4 is 5.32 Å². The van der Waals surface area contributed by atoms with E-state index in [4.69, 9.17) is 9.52 Å². The van der Waals surface area contributed by atoms with Crippen LogP contribution in [-0.4, -0.2) is 31.9 Å². The maximum absolute atomic E-state index is 13.1. The Bertz CT molecular complexity index is 1110. The van der Waals surface area contributed by atoms with Gasteiger partial charge in [0.1, 0.15) is 5.69 Å². The zero-order valence-electron chi connectivity index (χ0n) is 19.8. The number of nitrogens with one attached hydrogen (secondary N) is 1. The third-order valence-corrected chi connectivity index (χ3v) is 6.15. The van der Waals surface area contributed by atoms with Crippen LogP contribution in [-0.2, 0) is 0 Å². The molecule has 2 aromatic heterocycles. The van der Waals surface area contributed by atoms with Gasteiger partial charge in [0.2, 0.25) is 5.89 Å². The second kappa shape index (κ2) is 8.52. The van der Waals surface area contributed by atoms with Crippen molar-refractivity contribution in [3.63, 3.8) is 0 Å². The molecule has 1 aliphatic carbocycles. The van der Waals surface area contributed by atoms with Gasteiger partial charge in [-0.3, -0.25) is 4.79 Å². The predicted molar refractivity (Wildman–Crippen MR) is 124 cm³/mol. The normalized spacial score (nSPS) is 20.5. The molecule has 0 radical (unpaired) electrons. The summed E-state index contributed by atoms with van der Waals surface area (Å²) in [6, 6.07) is 9.79. The molecule has 7 nitrogen and oxygen atoms in total. The zero-order chi connectivity index (χ0) is 23.0. The van der Waals surface area contributed by atoms with Crippen molar-refractivity contribution in [2.45, 2.75) is 72.8 Å². The SMILES string of the molecule is Cc1nnc(-c2cc(C(C)C)n(-c3cccc(C(=O)N[C@H]4C[C@H](C)CC(C)(C)C4)c3)n2)o1. The second-order valence-corrected chi connectivity index (χ2v) is 10.3. The highest BCUT2D eigenvalue weighted by Gasteiger charge is 2.32. The minimum Gasteiger partial charge on any atom is -0.420 e. The van der Waals surface area contributed by atoms with Gasteiger partial charge >= 0.3 is 0 Å². The van der Waals surface area contributed by atoms with Gasteiger partial charge in [0.05, 0.1) is 5.69 Å². The minimum atomic E-state index is -0.0345. The van der Waals surface area contributed by atoms with Gasteiger partial charge in [-0.25, -0.2) is 4.68 Å². The fourth-order valence-corrected chi connectivity index (χ4v) is 5.02. The Morgan fingerprint density at radius 2 is 2.00 bits per heavy atom. The molecule has 1 N–H and O–H groups in total. The highest BCUT2D eigenvalue weighted by molar-refractivity contribution is 5.95. The van der Waals surface area contributed by atoms with Gasteiger partial charge in [-0.15, -0.1) is 10.2 Å². The van der Waals surface area contributed by atoms with Crippen LogP contribution in [0.4, 0.5) is 0 Å². The lowest BCUT2D eigenvalue weighted by molar-refractivity contribution is 0.0874. The number of rotatable bonds is 5. The monoisotopic (exact) mass is 435 g/mol. The quantitative estimate of drug-likeness (QED) is 0.588. The molecular weight excluding hydrogens is 402 g/mol. The van der Waals surface area contributed by atoms with Crippen molar-refractivity contribution in [1.29, 1.82) is 0 Å². The van der Waals surface area contributed by atoms with Crippen molar-refractivity contribution >= 4 is 5.91 Å². The van der Waals surface area contributed by atoms with E-state index in [1.54, 1.807) is 6.92 Å². The molecule has 3 aromatic rings. The fourth-order valence-electron chi connectivity index (χ4n) is 5.02. The van der Waals surface area contributed by atoms with Crippen molar-refractivity contribution in [3.8, 4) is 17.3 Å². The average Bonchev–Trinajstić information content (AvgIpc) is 3.33. The summed E-state index contributed by atoms with van der Waals surface area (Å²) in [7, 11) is 0. The summed E-state index contributed by atoms with van der Waals surface area (Å²) in [5, 5.41) is 16.0. The Morgan fingerprint density at radius 3 is 2.66 bits per heavy atom. The molecule has 1 aromatic carbocycles. The van der Waals surface area contributed by atoms with Gasteiger partial charge in [-0.05, 0) is 60.8 Å². The fraction of sp³-hybridized carbons (Fsp3) is 0.520. The van der Waals surface area contributed by atoms with Gasteiger partial charge in [0.25, 0.3) is 11.8 Å². The molecule has 7 heteroatoms. The molecule has 0 aliphatic heterocycles. The van der Waals surface area contributed by atoms with Crippen molar-refractivity contribution in [3.05, 3.63) is 47.5 Å². The molecule has 2 atom stereocenters. The molecule has 1 fully saturated rings. The Labute approximate surface area is 189 Å². The number of carbonyl (C=O) groups is 1. The summed E-state index contributed by atoms with van der Waals surface area (Å²) >= 11 is 0. The van der Waals surface area contributed by atoms with E-state index in [0.29, 0.717) is 29.0 Å². The van der Waals surface area contributed by atoms with Crippen LogP contribution in [0.15, 0.2) is 34.7 Å². The number of aryl methyl sites for hydroxylation is 1. The number of hydrogen-bond donors (Lipinski definition) is 1. The molecule has 0 spiro atoms. The number of nitrogens with zero attached hydrogens (tertiary/aromatic N) is 4. The largest absolute Gasteiger partial charge is 0.420 e. The van der Waals surface area contributed by atoms with Gasteiger partial charge in [0.15, 0.2) is 0 Å². The summed E-state index contributed by atoms with van der Waals surface area (Å²) in [6.45, 7) is 12.8. The summed E-state index contributed by atoms with van der Waals surface area (Å²) in [6.07, 6.45) is 3.24. The van der Waals surface area contributed by atoms with Crippen molar-refractivity contribution in [1.82, 2.24) is 25.3 Å². The van der Waals surface area contributed by atoms with Gasteiger partial charge in [0, 0.05) is 24.2 Å². The van der Waals surface area contributed by atoms with Crippen LogP contribution >= 0.6 is 0 Å². The number of benzene rings is 1. The van der Waals surface area contributed by atoms with E-state index in [-0.39, 0.29) is 23.3 Å². The van der Waals surface area contributed by atoms with Gasteiger partial charge < -0.3 is 9.73 Å². The molecule has 0 saturated heterocycles. The highest BCUT2D eigenvalue weighted by Crippen LogP contribution is 2.38. The topological polar surface area (TPSA) is 85.8 Å². The predicted octanol–water partition coefficient (Wildman–Crippen LogP) is 5.30. The Hall–Kier alpha value is -2.96. The average molecular weight is 436 g/mol. The van der Waals surface area contributed by atoms with Crippen LogP contribution in [0.1, 0.15) is 81.7 Å². The van der Waals surface area contributed by atoms with E-state index < -0.39 is 0 Å². The molecule has 1 saturated carbocycles. The van der Waals surface area contributed by atoms with Crippen LogP contribution in [0.2, 0.25) is 0 Å². The van der Waals surface area contributed by atoms with E-state index in [2.05, 4.69) is 50.1 Å². The van der Waals surface area contributed by atoms with E-state index in [0.717, 1.165) is 24.2 Å². The Morgan fingerprint density at radius 1 is 1.22 bits per heavy atom. The summed E-state index contributed by atoms with van der Waals surface area (Å²) in [5.74, 6) is 1.70. The number of amides is 1.